The summed E-state index contributed by atoms with van der Waals surface area (Å²) in [5, 5.41) is 8.61. The van der Waals surface area contributed by atoms with Gasteiger partial charge in [-0.05, 0) is 43.0 Å². The molecule has 0 spiro atoms. The lowest BCUT2D eigenvalue weighted by molar-refractivity contribution is -0.121. The SMILES string of the molecule is Cc1cccc(Nc2nc(C(=O)N(CCC(=O)NCC3CCCO3)Cc3ccccc3)cs2)c1. The van der Waals surface area contributed by atoms with Gasteiger partial charge < -0.3 is 20.3 Å². The van der Waals surface area contributed by atoms with E-state index in [0.29, 0.717) is 30.5 Å². The Bertz CT molecular complexity index is 1100. The summed E-state index contributed by atoms with van der Waals surface area (Å²) >= 11 is 1.39. The Morgan fingerprint density at radius 3 is 2.79 bits per heavy atom. The summed E-state index contributed by atoms with van der Waals surface area (Å²) in [7, 11) is 0. The van der Waals surface area contributed by atoms with Gasteiger partial charge in [0, 0.05) is 43.7 Å². The number of benzene rings is 2. The molecule has 2 N–H and O–H groups in total. The molecule has 178 valence electrons. The van der Waals surface area contributed by atoms with Crippen molar-refractivity contribution in [3.8, 4) is 0 Å². The predicted molar refractivity (Wildman–Crippen MR) is 134 cm³/mol. The summed E-state index contributed by atoms with van der Waals surface area (Å²) in [6, 6.07) is 17.8. The van der Waals surface area contributed by atoms with Gasteiger partial charge in [0.15, 0.2) is 5.13 Å². The number of aromatic nitrogens is 1. The van der Waals surface area contributed by atoms with Gasteiger partial charge in [0.25, 0.3) is 5.91 Å². The van der Waals surface area contributed by atoms with Crippen molar-refractivity contribution in [3.05, 3.63) is 76.8 Å². The molecule has 7 nitrogen and oxygen atoms in total. The third-order valence-corrected chi connectivity index (χ3v) is 6.41. The minimum absolute atomic E-state index is 0.0820. The minimum Gasteiger partial charge on any atom is -0.376 e. The second-order valence-corrected chi connectivity index (χ2v) is 9.29. The number of amides is 2. The van der Waals surface area contributed by atoms with Crippen LogP contribution in [-0.4, -0.2) is 47.5 Å². The number of anilines is 2. The third kappa shape index (κ3) is 6.88. The molecule has 1 unspecified atom stereocenters. The van der Waals surface area contributed by atoms with Crippen LogP contribution in [0, 0.1) is 6.92 Å². The Balaban J connectivity index is 1.40. The first kappa shape index (κ1) is 23.9. The van der Waals surface area contributed by atoms with Crippen LogP contribution in [0.5, 0.6) is 0 Å². The first-order valence-electron chi connectivity index (χ1n) is 11.6. The van der Waals surface area contributed by atoms with Crippen molar-refractivity contribution in [2.75, 3.05) is 25.0 Å². The summed E-state index contributed by atoms with van der Waals surface area (Å²) < 4.78 is 5.56. The number of hydrogen-bond donors (Lipinski definition) is 2. The number of hydrogen-bond acceptors (Lipinski definition) is 6. The highest BCUT2D eigenvalue weighted by atomic mass is 32.1. The standard InChI is InChI=1S/C26H30N4O3S/c1-19-7-5-10-21(15-19)28-26-29-23(18-34-26)25(32)30(17-20-8-3-2-4-9-20)13-12-24(31)27-16-22-11-6-14-33-22/h2-5,7-10,15,18,22H,6,11-14,16-17H2,1H3,(H,27,31)(H,28,29). The van der Waals surface area contributed by atoms with E-state index in [-0.39, 0.29) is 24.3 Å². The number of thiazole rings is 1. The van der Waals surface area contributed by atoms with Crippen molar-refractivity contribution in [3.63, 3.8) is 0 Å². The Morgan fingerprint density at radius 2 is 2.03 bits per heavy atom. The van der Waals surface area contributed by atoms with Crippen LogP contribution < -0.4 is 10.6 Å². The van der Waals surface area contributed by atoms with E-state index in [1.165, 1.54) is 11.3 Å². The molecule has 0 bridgehead atoms. The average Bonchev–Trinajstić information content (AvgIpc) is 3.53. The van der Waals surface area contributed by atoms with E-state index in [9.17, 15) is 9.59 Å². The van der Waals surface area contributed by atoms with Gasteiger partial charge in [-0.25, -0.2) is 4.98 Å². The highest BCUT2D eigenvalue weighted by molar-refractivity contribution is 7.14. The molecule has 1 fully saturated rings. The summed E-state index contributed by atoms with van der Waals surface area (Å²) in [4.78, 5) is 32.0. The monoisotopic (exact) mass is 478 g/mol. The lowest BCUT2D eigenvalue weighted by Gasteiger charge is -2.22. The number of carbonyl (C=O) groups is 2. The molecular formula is C26H30N4O3S. The van der Waals surface area contributed by atoms with Gasteiger partial charge in [-0.1, -0.05) is 42.5 Å². The van der Waals surface area contributed by atoms with Crippen molar-refractivity contribution in [1.82, 2.24) is 15.2 Å². The Morgan fingerprint density at radius 1 is 1.18 bits per heavy atom. The zero-order valence-electron chi connectivity index (χ0n) is 19.3. The molecule has 4 rings (SSSR count). The van der Waals surface area contributed by atoms with E-state index in [1.54, 1.807) is 10.3 Å². The van der Waals surface area contributed by atoms with Crippen LogP contribution in [-0.2, 0) is 16.1 Å². The van der Waals surface area contributed by atoms with Crippen LogP contribution in [0.2, 0.25) is 0 Å². The summed E-state index contributed by atoms with van der Waals surface area (Å²) in [6.07, 6.45) is 2.33. The molecule has 34 heavy (non-hydrogen) atoms. The van der Waals surface area contributed by atoms with Crippen LogP contribution in [0.15, 0.2) is 60.0 Å². The van der Waals surface area contributed by atoms with Gasteiger partial charge in [0.2, 0.25) is 5.91 Å². The summed E-state index contributed by atoms with van der Waals surface area (Å²) in [5.74, 6) is -0.272. The minimum atomic E-state index is -0.190. The maximum absolute atomic E-state index is 13.3. The highest BCUT2D eigenvalue weighted by Gasteiger charge is 2.21. The van der Waals surface area contributed by atoms with Crippen molar-refractivity contribution in [2.45, 2.75) is 38.8 Å². The zero-order valence-corrected chi connectivity index (χ0v) is 20.1. The van der Waals surface area contributed by atoms with Crippen LogP contribution in [0.25, 0.3) is 0 Å². The first-order valence-corrected chi connectivity index (χ1v) is 12.5. The third-order valence-electron chi connectivity index (χ3n) is 5.66. The normalized spacial score (nSPS) is 15.1. The Kier molecular flexibility index (Phi) is 8.27. The van der Waals surface area contributed by atoms with Crippen molar-refractivity contribution < 1.29 is 14.3 Å². The fourth-order valence-corrected chi connectivity index (χ4v) is 4.56. The number of nitrogens with one attached hydrogen (secondary N) is 2. The summed E-state index contributed by atoms with van der Waals surface area (Å²) in [6.45, 7) is 4.03. The number of rotatable bonds is 10. The molecular weight excluding hydrogens is 448 g/mol. The molecule has 1 saturated heterocycles. The molecule has 3 aromatic rings. The van der Waals surface area contributed by atoms with E-state index in [4.69, 9.17) is 4.74 Å². The fraction of sp³-hybridized carbons (Fsp3) is 0.346. The number of aryl methyl sites for hydroxylation is 1. The van der Waals surface area contributed by atoms with Crippen LogP contribution in [0.1, 0.15) is 40.9 Å². The van der Waals surface area contributed by atoms with Crippen LogP contribution >= 0.6 is 11.3 Å². The number of carbonyl (C=O) groups excluding carboxylic acids is 2. The smallest absolute Gasteiger partial charge is 0.273 e. The largest absolute Gasteiger partial charge is 0.376 e. The van der Waals surface area contributed by atoms with Gasteiger partial charge in [-0.3, -0.25) is 9.59 Å². The average molecular weight is 479 g/mol. The second kappa shape index (κ2) is 11.8. The maximum Gasteiger partial charge on any atom is 0.273 e. The molecule has 8 heteroatoms. The molecule has 0 saturated carbocycles. The quantitative estimate of drug-likeness (QED) is 0.448. The van der Waals surface area contributed by atoms with E-state index < -0.39 is 0 Å². The van der Waals surface area contributed by atoms with Gasteiger partial charge in [-0.2, -0.15) is 0 Å². The van der Waals surface area contributed by atoms with Crippen molar-refractivity contribution in [1.29, 1.82) is 0 Å². The molecule has 1 aliphatic heterocycles. The molecule has 0 aliphatic carbocycles. The lowest BCUT2D eigenvalue weighted by Crippen LogP contribution is -2.37. The number of nitrogens with zero attached hydrogens (tertiary/aromatic N) is 2. The molecule has 2 amide bonds. The van der Waals surface area contributed by atoms with Gasteiger partial charge in [-0.15, -0.1) is 11.3 Å². The molecule has 2 aromatic carbocycles. The number of ether oxygens (including phenoxy) is 1. The molecule has 1 atom stereocenters. The molecule has 1 aromatic heterocycles. The Hall–Kier alpha value is -3.23. The lowest BCUT2D eigenvalue weighted by atomic mass is 10.2. The van der Waals surface area contributed by atoms with Crippen LogP contribution in [0.4, 0.5) is 10.8 Å². The fourth-order valence-electron chi connectivity index (χ4n) is 3.85. The van der Waals surface area contributed by atoms with Crippen molar-refractivity contribution in [2.24, 2.45) is 0 Å². The van der Waals surface area contributed by atoms with Gasteiger partial charge in [0.05, 0.1) is 6.10 Å². The predicted octanol–water partition coefficient (Wildman–Crippen LogP) is 4.52. The zero-order chi connectivity index (χ0) is 23.8. The Labute approximate surface area is 204 Å². The molecule has 2 heterocycles. The van der Waals surface area contributed by atoms with Crippen molar-refractivity contribution >= 4 is 34.0 Å². The van der Waals surface area contributed by atoms with E-state index in [0.717, 1.165) is 36.3 Å². The van der Waals surface area contributed by atoms with E-state index in [2.05, 4.69) is 15.6 Å². The van der Waals surface area contributed by atoms with Gasteiger partial charge in [0.1, 0.15) is 5.69 Å². The molecule has 1 aliphatic rings. The second-order valence-electron chi connectivity index (χ2n) is 8.43. The topological polar surface area (TPSA) is 83.6 Å². The molecule has 0 radical (unpaired) electrons. The highest BCUT2D eigenvalue weighted by Crippen LogP contribution is 2.23. The van der Waals surface area contributed by atoms with E-state index >= 15 is 0 Å². The first-order chi connectivity index (χ1) is 16.6. The van der Waals surface area contributed by atoms with Gasteiger partial charge >= 0.3 is 0 Å². The van der Waals surface area contributed by atoms with Crippen LogP contribution in [0.3, 0.4) is 0 Å². The summed E-state index contributed by atoms with van der Waals surface area (Å²) in [5.41, 5.74) is 3.45. The maximum atomic E-state index is 13.3. The van der Waals surface area contributed by atoms with E-state index in [1.807, 2.05) is 61.5 Å².